The molecule has 2 aromatic heterocycles. The first-order chi connectivity index (χ1) is 9.02. The molecule has 7 heteroatoms. The lowest BCUT2D eigenvalue weighted by molar-refractivity contribution is -0.689. The summed E-state index contributed by atoms with van der Waals surface area (Å²) < 4.78 is 1.96. The van der Waals surface area contributed by atoms with E-state index in [-0.39, 0.29) is 6.61 Å². The van der Waals surface area contributed by atoms with Crippen LogP contribution < -0.4 is 10.3 Å². The fourth-order valence-electron chi connectivity index (χ4n) is 1.80. The maximum absolute atomic E-state index is 9.68. The van der Waals surface area contributed by atoms with Gasteiger partial charge in [0.05, 0.1) is 12.2 Å². The van der Waals surface area contributed by atoms with E-state index >= 15 is 0 Å². The molecular formula is C12H17N4O2S+. The molecule has 0 aliphatic carbocycles. The predicted molar refractivity (Wildman–Crippen MR) is 71.6 cm³/mol. The van der Waals surface area contributed by atoms with E-state index < -0.39 is 6.10 Å². The van der Waals surface area contributed by atoms with Gasteiger partial charge in [-0.2, -0.15) is 4.57 Å². The minimum atomic E-state index is -0.835. The van der Waals surface area contributed by atoms with Crippen LogP contribution in [0.25, 0.3) is 0 Å². The number of aliphatic hydroxyl groups excluding tert-OH is 2. The van der Waals surface area contributed by atoms with E-state index in [9.17, 15) is 5.11 Å². The number of rotatable bonds is 4. The highest BCUT2D eigenvalue weighted by atomic mass is 32.1. The van der Waals surface area contributed by atoms with Crippen molar-refractivity contribution in [2.45, 2.75) is 26.5 Å². The highest BCUT2D eigenvalue weighted by Gasteiger charge is 2.22. The Morgan fingerprint density at radius 3 is 2.84 bits per heavy atom. The summed E-state index contributed by atoms with van der Waals surface area (Å²) in [5.74, 6) is 1.11. The van der Waals surface area contributed by atoms with E-state index in [0.29, 0.717) is 18.2 Å². The molecule has 0 aliphatic rings. The predicted octanol–water partition coefficient (Wildman–Crippen LogP) is 0.0986. The Bertz CT molecular complexity index is 585. The summed E-state index contributed by atoms with van der Waals surface area (Å²) in [5, 5.41) is 18.7. The number of nitrogen functional groups attached to an aromatic ring is 1. The van der Waals surface area contributed by atoms with Crippen molar-refractivity contribution in [3.8, 4) is 0 Å². The zero-order valence-electron chi connectivity index (χ0n) is 10.9. The van der Waals surface area contributed by atoms with Crippen molar-refractivity contribution < 1.29 is 14.8 Å². The van der Waals surface area contributed by atoms with Crippen molar-refractivity contribution in [3.63, 3.8) is 0 Å². The van der Waals surface area contributed by atoms with Crippen LogP contribution in [-0.2, 0) is 6.54 Å². The van der Waals surface area contributed by atoms with Gasteiger partial charge in [0.15, 0.2) is 12.2 Å². The first-order valence-electron chi connectivity index (χ1n) is 5.87. The van der Waals surface area contributed by atoms with Crippen LogP contribution in [0.5, 0.6) is 0 Å². The highest BCUT2D eigenvalue weighted by Crippen LogP contribution is 2.20. The number of thiazole rings is 1. The van der Waals surface area contributed by atoms with Crippen molar-refractivity contribution in [1.29, 1.82) is 0 Å². The summed E-state index contributed by atoms with van der Waals surface area (Å²) in [6.07, 6.45) is 0.877. The van der Waals surface area contributed by atoms with Crippen LogP contribution >= 0.6 is 11.3 Å². The van der Waals surface area contributed by atoms with E-state index in [1.165, 1.54) is 11.3 Å². The van der Waals surface area contributed by atoms with Gasteiger partial charge in [0.25, 0.3) is 0 Å². The number of aliphatic hydroxyl groups is 2. The van der Waals surface area contributed by atoms with Crippen LogP contribution in [0.1, 0.15) is 28.1 Å². The largest absolute Gasteiger partial charge is 0.393 e. The molecule has 6 nitrogen and oxygen atoms in total. The summed E-state index contributed by atoms with van der Waals surface area (Å²) in [4.78, 5) is 9.02. The summed E-state index contributed by atoms with van der Waals surface area (Å²) in [6.45, 7) is 3.96. The SMILES string of the molecule is Cc1ncc(C[n+]2csc([C@H](O)CO)c2C)c(N)n1. The summed E-state index contributed by atoms with van der Waals surface area (Å²) in [6, 6.07) is 0. The monoisotopic (exact) mass is 281 g/mol. The number of anilines is 1. The smallest absolute Gasteiger partial charge is 0.225 e. The number of hydrogen-bond donors (Lipinski definition) is 3. The molecule has 0 saturated carbocycles. The summed E-state index contributed by atoms with van der Waals surface area (Å²) >= 11 is 1.41. The molecule has 102 valence electrons. The molecule has 0 radical (unpaired) electrons. The molecular weight excluding hydrogens is 264 g/mol. The second-order valence-corrected chi connectivity index (χ2v) is 5.21. The lowest BCUT2D eigenvalue weighted by Gasteiger charge is -2.04. The van der Waals surface area contributed by atoms with E-state index in [4.69, 9.17) is 10.8 Å². The zero-order valence-corrected chi connectivity index (χ0v) is 11.7. The molecule has 0 aromatic carbocycles. The Hall–Kier alpha value is -1.57. The molecule has 0 spiro atoms. The van der Waals surface area contributed by atoms with Crippen molar-refractivity contribution in [2.75, 3.05) is 12.3 Å². The van der Waals surface area contributed by atoms with E-state index in [1.54, 1.807) is 13.1 Å². The molecule has 0 unspecified atom stereocenters. The Morgan fingerprint density at radius 1 is 1.47 bits per heavy atom. The zero-order chi connectivity index (χ0) is 14.0. The van der Waals surface area contributed by atoms with Crippen molar-refractivity contribution >= 4 is 17.2 Å². The van der Waals surface area contributed by atoms with Gasteiger partial charge in [-0.15, -0.1) is 0 Å². The lowest BCUT2D eigenvalue weighted by Crippen LogP contribution is -2.35. The van der Waals surface area contributed by atoms with Crippen LogP contribution in [0.2, 0.25) is 0 Å². The van der Waals surface area contributed by atoms with Crippen LogP contribution in [0.4, 0.5) is 5.82 Å². The molecule has 2 rings (SSSR count). The van der Waals surface area contributed by atoms with Gasteiger partial charge in [-0.05, 0) is 6.92 Å². The number of aromatic nitrogens is 3. The molecule has 0 aliphatic heterocycles. The third-order valence-electron chi connectivity index (χ3n) is 2.93. The number of hydrogen-bond acceptors (Lipinski definition) is 6. The maximum atomic E-state index is 9.68. The van der Waals surface area contributed by atoms with Gasteiger partial charge in [0.1, 0.15) is 22.6 Å². The molecule has 0 amide bonds. The van der Waals surface area contributed by atoms with Gasteiger partial charge < -0.3 is 15.9 Å². The molecule has 0 saturated heterocycles. The van der Waals surface area contributed by atoms with E-state index in [2.05, 4.69) is 9.97 Å². The van der Waals surface area contributed by atoms with Crippen molar-refractivity contribution in [2.24, 2.45) is 0 Å². The molecule has 2 heterocycles. The average molecular weight is 281 g/mol. The standard InChI is InChI=1S/C12H17N4O2S/c1-7-11(10(18)5-17)19-6-16(7)4-9-3-14-8(2)15-12(9)13/h3,6,10,17-18H,4-5H2,1-2H3,(H2,13,14,15)/q+1/t10-/m1/s1. The quantitative estimate of drug-likeness (QED) is 0.691. The van der Waals surface area contributed by atoms with Gasteiger partial charge in [0.2, 0.25) is 5.51 Å². The topological polar surface area (TPSA) is 96.1 Å². The van der Waals surface area contributed by atoms with Gasteiger partial charge in [-0.25, -0.2) is 9.97 Å². The fraction of sp³-hybridized carbons (Fsp3) is 0.417. The van der Waals surface area contributed by atoms with Crippen LogP contribution in [0.3, 0.4) is 0 Å². The molecule has 1 atom stereocenters. The van der Waals surface area contributed by atoms with Gasteiger partial charge in [-0.3, -0.25) is 0 Å². The highest BCUT2D eigenvalue weighted by molar-refractivity contribution is 7.09. The third-order valence-corrected chi connectivity index (χ3v) is 4.11. The minimum Gasteiger partial charge on any atom is -0.393 e. The van der Waals surface area contributed by atoms with Crippen molar-refractivity contribution in [3.05, 3.63) is 33.7 Å². The van der Waals surface area contributed by atoms with E-state index in [1.807, 2.05) is 17.0 Å². The van der Waals surface area contributed by atoms with Gasteiger partial charge >= 0.3 is 0 Å². The van der Waals surface area contributed by atoms with Crippen LogP contribution in [0.15, 0.2) is 11.7 Å². The van der Waals surface area contributed by atoms with E-state index in [0.717, 1.165) is 16.1 Å². The number of nitrogens with two attached hydrogens (primary N) is 1. The molecule has 19 heavy (non-hydrogen) atoms. The Labute approximate surface area is 115 Å². The first-order valence-corrected chi connectivity index (χ1v) is 6.75. The molecule has 4 N–H and O–H groups in total. The number of aryl methyl sites for hydroxylation is 1. The second kappa shape index (κ2) is 5.60. The average Bonchev–Trinajstić information content (AvgIpc) is 2.73. The third kappa shape index (κ3) is 2.89. The van der Waals surface area contributed by atoms with Gasteiger partial charge in [-0.1, -0.05) is 11.3 Å². The van der Waals surface area contributed by atoms with Crippen LogP contribution in [-0.4, -0.2) is 26.8 Å². The lowest BCUT2D eigenvalue weighted by atomic mass is 10.2. The van der Waals surface area contributed by atoms with Crippen LogP contribution in [0, 0.1) is 13.8 Å². The fourth-order valence-corrected chi connectivity index (χ4v) is 2.80. The summed E-state index contributed by atoms with van der Waals surface area (Å²) in [7, 11) is 0. The van der Waals surface area contributed by atoms with Crippen molar-refractivity contribution in [1.82, 2.24) is 9.97 Å². The summed E-state index contributed by atoms with van der Waals surface area (Å²) in [5.41, 5.74) is 9.50. The minimum absolute atomic E-state index is 0.281. The Morgan fingerprint density at radius 2 is 2.21 bits per heavy atom. The Balaban J connectivity index is 2.26. The molecule has 0 fully saturated rings. The first kappa shape index (κ1) is 13.9. The molecule has 0 bridgehead atoms. The molecule has 2 aromatic rings. The normalized spacial score (nSPS) is 12.6. The Kier molecular flexibility index (Phi) is 4.08. The number of nitrogens with zero attached hydrogens (tertiary/aromatic N) is 3. The van der Waals surface area contributed by atoms with Gasteiger partial charge in [0, 0.05) is 13.1 Å². The second-order valence-electron chi connectivity index (χ2n) is 4.33. The maximum Gasteiger partial charge on any atom is 0.225 e.